The van der Waals surface area contributed by atoms with Gasteiger partial charge in [-0.1, -0.05) is 0 Å². The summed E-state index contributed by atoms with van der Waals surface area (Å²) >= 11 is 0. The number of ether oxygens (including phenoxy) is 1. The minimum absolute atomic E-state index is 0. The molecule has 1 fully saturated rings. The predicted molar refractivity (Wildman–Crippen MR) is 43.8 cm³/mol. The van der Waals surface area contributed by atoms with Gasteiger partial charge in [0, 0.05) is 6.54 Å². The molecule has 66 valence electrons. The molecular weight excluding hydrogens is 168 g/mol. The summed E-state index contributed by atoms with van der Waals surface area (Å²) in [6.07, 6.45) is 1.30. The number of primary amides is 1. The lowest BCUT2D eigenvalue weighted by atomic mass is 10.1. The Hall–Kier alpha value is -0.480. The molecule has 0 aromatic rings. The third kappa shape index (κ3) is 4.06. The van der Waals surface area contributed by atoms with Gasteiger partial charge in [-0.05, 0) is 19.4 Å². The van der Waals surface area contributed by atoms with Gasteiger partial charge in [0.25, 0.3) is 0 Å². The fraction of sp³-hybridized carbons (Fsp3) is 0.833. The Morgan fingerprint density at radius 2 is 2.36 bits per heavy atom. The van der Waals surface area contributed by atoms with Crippen LogP contribution in [0.25, 0.3) is 0 Å². The van der Waals surface area contributed by atoms with Gasteiger partial charge in [-0.15, -0.1) is 12.4 Å². The van der Waals surface area contributed by atoms with Gasteiger partial charge in [-0.25, -0.2) is 4.79 Å². The number of nitrogens with one attached hydrogen (secondary N) is 1. The normalized spacial score (nSPS) is 23.5. The number of hydrogen-bond donors (Lipinski definition) is 2. The molecule has 1 aliphatic rings. The summed E-state index contributed by atoms with van der Waals surface area (Å²) in [5.41, 5.74) is 4.83. The Bertz CT molecular complexity index is 126. The van der Waals surface area contributed by atoms with Crippen LogP contribution in [0.2, 0.25) is 0 Å². The van der Waals surface area contributed by atoms with Crippen molar-refractivity contribution in [3.8, 4) is 0 Å². The lowest BCUT2D eigenvalue weighted by Gasteiger charge is -2.21. The molecular formula is C6H13ClN2O2. The van der Waals surface area contributed by atoms with Crippen LogP contribution in [-0.2, 0) is 4.74 Å². The molecule has 1 unspecified atom stereocenters. The van der Waals surface area contributed by atoms with Crippen molar-refractivity contribution >= 4 is 18.5 Å². The summed E-state index contributed by atoms with van der Waals surface area (Å²) in [4.78, 5) is 10.2. The van der Waals surface area contributed by atoms with E-state index >= 15 is 0 Å². The van der Waals surface area contributed by atoms with Crippen LogP contribution in [-0.4, -0.2) is 25.3 Å². The lowest BCUT2D eigenvalue weighted by molar-refractivity contribution is 0.0904. The van der Waals surface area contributed by atoms with E-state index in [4.69, 9.17) is 10.5 Å². The van der Waals surface area contributed by atoms with E-state index in [2.05, 4.69) is 5.32 Å². The lowest BCUT2D eigenvalue weighted by Crippen LogP contribution is -2.37. The highest BCUT2D eigenvalue weighted by molar-refractivity contribution is 5.85. The van der Waals surface area contributed by atoms with Gasteiger partial charge in [0.2, 0.25) is 0 Å². The van der Waals surface area contributed by atoms with Crippen molar-refractivity contribution in [1.29, 1.82) is 0 Å². The number of rotatable bonds is 1. The maximum Gasteiger partial charge on any atom is 0.404 e. The quantitative estimate of drug-likeness (QED) is 0.608. The topological polar surface area (TPSA) is 64.4 Å². The third-order valence-electron chi connectivity index (χ3n) is 1.53. The molecule has 1 saturated heterocycles. The molecule has 1 amide bonds. The molecule has 1 atom stereocenters. The molecule has 0 aromatic carbocycles. The van der Waals surface area contributed by atoms with E-state index in [-0.39, 0.29) is 18.5 Å². The number of halogens is 1. The number of piperidine rings is 1. The largest absolute Gasteiger partial charge is 0.445 e. The molecule has 5 heteroatoms. The summed E-state index contributed by atoms with van der Waals surface area (Å²) in [6.45, 7) is 1.75. The van der Waals surface area contributed by atoms with E-state index in [1.807, 2.05) is 0 Å². The standard InChI is InChI=1S/C6H12N2O2.ClH/c7-6(9)10-5-2-1-3-8-4-5;/h5,8H,1-4H2,(H2,7,9);1H. The zero-order valence-corrected chi connectivity index (χ0v) is 7.02. The summed E-state index contributed by atoms with van der Waals surface area (Å²) in [6, 6.07) is 0. The molecule has 0 spiro atoms. The van der Waals surface area contributed by atoms with Crippen LogP contribution in [0.5, 0.6) is 0 Å². The van der Waals surface area contributed by atoms with Gasteiger partial charge in [0.05, 0.1) is 0 Å². The number of nitrogens with two attached hydrogens (primary N) is 1. The van der Waals surface area contributed by atoms with Crippen LogP contribution in [0.15, 0.2) is 0 Å². The fourth-order valence-electron chi connectivity index (χ4n) is 1.08. The van der Waals surface area contributed by atoms with Gasteiger partial charge in [-0.2, -0.15) is 0 Å². The summed E-state index contributed by atoms with van der Waals surface area (Å²) < 4.78 is 4.77. The minimum Gasteiger partial charge on any atom is -0.445 e. The number of amides is 1. The number of carbonyl (C=O) groups is 1. The second-order valence-electron chi connectivity index (χ2n) is 2.41. The molecule has 0 bridgehead atoms. The monoisotopic (exact) mass is 180 g/mol. The van der Waals surface area contributed by atoms with Crippen molar-refractivity contribution < 1.29 is 9.53 Å². The molecule has 3 N–H and O–H groups in total. The van der Waals surface area contributed by atoms with Crippen LogP contribution in [0.3, 0.4) is 0 Å². The first-order chi connectivity index (χ1) is 4.79. The maximum absolute atomic E-state index is 10.2. The van der Waals surface area contributed by atoms with Gasteiger partial charge in [-0.3, -0.25) is 0 Å². The fourth-order valence-corrected chi connectivity index (χ4v) is 1.08. The Labute approximate surface area is 71.9 Å². The van der Waals surface area contributed by atoms with Crippen LogP contribution in [0, 0.1) is 0 Å². The van der Waals surface area contributed by atoms with Crippen molar-refractivity contribution in [1.82, 2.24) is 5.32 Å². The molecule has 0 aliphatic carbocycles. The molecule has 1 rings (SSSR count). The van der Waals surface area contributed by atoms with Crippen LogP contribution < -0.4 is 11.1 Å². The molecule has 1 aliphatic heterocycles. The van der Waals surface area contributed by atoms with Crippen LogP contribution in [0.4, 0.5) is 4.79 Å². The second kappa shape index (κ2) is 5.21. The second-order valence-corrected chi connectivity index (χ2v) is 2.41. The number of carbonyl (C=O) groups excluding carboxylic acids is 1. The van der Waals surface area contributed by atoms with Crippen molar-refractivity contribution in [2.24, 2.45) is 5.73 Å². The van der Waals surface area contributed by atoms with Crippen LogP contribution >= 0.6 is 12.4 Å². The first-order valence-electron chi connectivity index (χ1n) is 3.46. The highest BCUT2D eigenvalue weighted by Crippen LogP contribution is 2.04. The van der Waals surface area contributed by atoms with E-state index < -0.39 is 6.09 Å². The van der Waals surface area contributed by atoms with E-state index in [0.29, 0.717) is 0 Å². The molecule has 4 nitrogen and oxygen atoms in total. The third-order valence-corrected chi connectivity index (χ3v) is 1.53. The molecule has 0 saturated carbocycles. The first-order valence-corrected chi connectivity index (χ1v) is 3.46. The Kier molecular flexibility index (Phi) is 4.98. The van der Waals surface area contributed by atoms with E-state index in [1.54, 1.807) is 0 Å². The van der Waals surface area contributed by atoms with Crippen molar-refractivity contribution in [2.75, 3.05) is 13.1 Å². The summed E-state index contributed by atoms with van der Waals surface area (Å²) in [5, 5.41) is 3.11. The molecule has 1 heterocycles. The van der Waals surface area contributed by atoms with Crippen LogP contribution in [0.1, 0.15) is 12.8 Å². The SMILES string of the molecule is Cl.NC(=O)OC1CCCNC1. The maximum atomic E-state index is 10.2. The van der Waals surface area contributed by atoms with E-state index in [9.17, 15) is 4.79 Å². The Morgan fingerprint density at radius 1 is 1.64 bits per heavy atom. The zero-order chi connectivity index (χ0) is 7.40. The van der Waals surface area contributed by atoms with Gasteiger partial charge >= 0.3 is 6.09 Å². The summed E-state index contributed by atoms with van der Waals surface area (Å²) in [7, 11) is 0. The van der Waals surface area contributed by atoms with Gasteiger partial charge < -0.3 is 15.8 Å². The molecule has 0 aromatic heterocycles. The van der Waals surface area contributed by atoms with Gasteiger partial charge in [0.1, 0.15) is 6.10 Å². The van der Waals surface area contributed by atoms with E-state index in [0.717, 1.165) is 25.9 Å². The van der Waals surface area contributed by atoms with Gasteiger partial charge in [0.15, 0.2) is 0 Å². The average molecular weight is 181 g/mol. The Balaban J connectivity index is 0.000001000. The highest BCUT2D eigenvalue weighted by atomic mass is 35.5. The molecule has 0 radical (unpaired) electrons. The first kappa shape index (κ1) is 10.5. The predicted octanol–water partition coefficient (Wildman–Crippen LogP) is 0.255. The van der Waals surface area contributed by atoms with E-state index in [1.165, 1.54) is 0 Å². The van der Waals surface area contributed by atoms with Crippen molar-refractivity contribution in [2.45, 2.75) is 18.9 Å². The Morgan fingerprint density at radius 3 is 2.82 bits per heavy atom. The smallest absolute Gasteiger partial charge is 0.404 e. The van der Waals surface area contributed by atoms with Crippen molar-refractivity contribution in [3.63, 3.8) is 0 Å². The highest BCUT2D eigenvalue weighted by Gasteiger charge is 2.14. The summed E-state index contributed by atoms with van der Waals surface area (Å²) in [5.74, 6) is 0. The zero-order valence-electron chi connectivity index (χ0n) is 6.21. The minimum atomic E-state index is -0.672. The molecule has 11 heavy (non-hydrogen) atoms. The van der Waals surface area contributed by atoms with Crippen molar-refractivity contribution in [3.05, 3.63) is 0 Å². The number of hydrogen-bond acceptors (Lipinski definition) is 3. The average Bonchev–Trinajstić information content (AvgIpc) is 1.88.